The summed E-state index contributed by atoms with van der Waals surface area (Å²) in [5.74, 6) is 2.89. The molecule has 0 radical (unpaired) electrons. The molecule has 3 heteroatoms. The molecule has 1 atom stereocenters. The first-order chi connectivity index (χ1) is 10.6. The summed E-state index contributed by atoms with van der Waals surface area (Å²) in [6, 6.07) is 0. The van der Waals surface area contributed by atoms with Gasteiger partial charge in [-0.2, -0.15) is 0 Å². The van der Waals surface area contributed by atoms with Gasteiger partial charge in [-0.15, -0.1) is 0 Å². The van der Waals surface area contributed by atoms with Crippen LogP contribution in [-0.2, 0) is 9.53 Å². The van der Waals surface area contributed by atoms with Gasteiger partial charge >= 0.3 is 0 Å². The molecule has 0 spiro atoms. The van der Waals surface area contributed by atoms with E-state index in [0.717, 1.165) is 37.2 Å². The number of rotatable bonds is 4. The number of ether oxygens (including phenoxy) is 1. The highest BCUT2D eigenvalue weighted by atomic mass is 16.5. The number of amides is 1. The first-order valence-electron chi connectivity index (χ1n) is 9.21. The third-order valence-corrected chi connectivity index (χ3v) is 6.75. The molecule has 1 amide bonds. The summed E-state index contributed by atoms with van der Waals surface area (Å²) in [7, 11) is 0. The fourth-order valence-electron chi connectivity index (χ4n) is 6.01. The highest BCUT2D eigenvalue weighted by molar-refractivity contribution is 5.88. The number of carbonyl (C=O) groups is 1. The van der Waals surface area contributed by atoms with E-state index in [-0.39, 0.29) is 12.0 Å². The Morgan fingerprint density at radius 1 is 1.18 bits per heavy atom. The monoisotopic (exact) mass is 303 g/mol. The van der Waals surface area contributed by atoms with E-state index < -0.39 is 0 Å². The minimum absolute atomic E-state index is 0.0868. The molecule has 122 valence electrons. The van der Waals surface area contributed by atoms with Gasteiger partial charge in [-0.3, -0.25) is 4.79 Å². The van der Waals surface area contributed by atoms with Crippen LogP contribution in [0.15, 0.2) is 11.6 Å². The van der Waals surface area contributed by atoms with Crippen molar-refractivity contribution in [3.05, 3.63) is 11.6 Å². The third kappa shape index (κ3) is 2.73. The summed E-state index contributed by atoms with van der Waals surface area (Å²) in [5, 5.41) is 3.05. The molecule has 1 N–H and O–H groups in total. The first-order valence-corrected chi connectivity index (χ1v) is 9.21. The van der Waals surface area contributed by atoms with Crippen LogP contribution in [0.2, 0.25) is 0 Å². The van der Waals surface area contributed by atoms with Crippen molar-refractivity contribution in [2.45, 2.75) is 64.4 Å². The van der Waals surface area contributed by atoms with E-state index in [1.54, 1.807) is 0 Å². The number of hydrogen-bond acceptors (Lipinski definition) is 2. The lowest BCUT2D eigenvalue weighted by atomic mass is 9.48. The average Bonchev–Trinajstić information content (AvgIpc) is 2.97. The summed E-state index contributed by atoms with van der Waals surface area (Å²) >= 11 is 0. The van der Waals surface area contributed by atoms with E-state index in [0.29, 0.717) is 12.0 Å². The molecular weight excluding hydrogens is 274 g/mol. The van der Waals surface area contributed by atoms with E-state index in [9.17, 15) is 4.79 Å². The van der Waals surface area contributed by atoms with Gasteiger partial charge in [-0.05, 0) is 81.5 Å². The van der Waals surface area contributed by atoms with Crippen molar-refractivity contribution in [2.75, 3.05) is 13.2 Å². The van der Waals surface area contributed by atoms with Crippen LogP contribution in [0, 0.1) is 23.2 Å². The smallest absolute Gasteiger partial charge is 0.244 e. The average molecular weight is 303 g/mol. The topological polar surface area (TPSA) is 38.3 Å². The molecule has 4 saturated carbocycles. The van der Waals surface area contributed by atoms with Gasteiger partial charge in [0.05, 0.1) is 6.10 Å². The van der Waals surface area contributed by atoms with E-state index >= 15 is 0 Å². The Hall–Kier alpha value is -0.830. The largest absolute Gasteiger partial charge is 0.376 e. The van der Waals surface area contributed by atoms with E-state index in [1.807, 2.05) is 6.08 Å². The van der Waals surface area contributed by atoms with Gasteiger partial charge < -0.3 is 10.1 Å². The maximum absolute atomic E-state index is 12.3. The van der Waals surface area contributed by atoms with Crippen molar-refractivity contribution in [1.29, 1.82) is 0 Å². The second-order valence-corrected chi connectivity index (χ2v) is 8.41. The highest BCUT2D eigenvalue weighted by Crippen LogP contribution is 2.62. The zero-order chi connectivity index (χ0) is 15.2. The summed E-state index contributed by atoms with van der Waals surface area (Å²) in [5.41, 5.74) is 1.70. The fourth-order valence-corrected chi connectivity index (χ4v) is 6.01. The molecule has 1 heterocycles. The van der Waals surface area contributed by atoms with Crippen molar-refractivity contribution in [1.82, 2.24) is 5.32 Å². The Morgan fingerprint density at radius 2 is 1.82 bits per heavy atom. The number of nitrogens with one attached hydrogen (secondary N) is 1. The van der Waals surface area contributed by atoms with Crippen molar-refractivity contribution < 1.29 is 9.53 Å². The molecule has 5 fully saturated rings. The molecule has 5 aliphatic rings. The normalized spacial score (nSPS) is 43.6. The molecule has 0 unspecified atom stereocenters. The lowest BCUT2D eigenvalue weighted by Gasteiger charge is -2.57. The Balaban J connectivity index is 1.39. The number of allylic oxidation sites excluding steroid dienone is 1. The van der Waals surface area contributed by atoms with Gasteiger partial charge in [-0.25, -0.2) is 0 Å². The van der Waals surface area contributed by atoms with Crippen LogP contribution >= 0.6 is 0 Å². The van der Waals surface area contributed by atoms with Crippen molar-refractivity contribution in [3.8, 4) is 0 Å². The molecule has 0 aromatic rings. The van der Waals surface area contributed by atoms with Gasteiger partial charge in [0, 0.05) is 19.2 Å². The summed E-state index contributed by atoms with van der Waals surface area (Å²) in [6.07, 6.45) is 12.7. The van der Waals surface area contributed by atoms with Gasteiger partial charge in [0.25, 0.3) is 0 Å². The second-order valence-electron chi connectivity index (χ2n) is 8.41. The van der Waals surface area contributed by atoms with E-state index in [4.69, 9.17) is 4.74 Å². The van der Waals surface area contributed by atoms with Crippen molar-refractivity contribution >= 4 is 5.91 Å². The number of hydrogen-bond donors (Lipinski definition) is 1. The highest BCUT2D eigenvalue weighted by Gasteiger charge is 2.51. The maximum Gasteiger partial charge on any atom is 0.244 e. The molecule has 4 aliphatic carbocycles. The van der Waals surface area contributed by atoms with Gasteiger partial charge in [-0.1, -0.05) is 5.57 Å². The molecule has 1 saturated heterocycles. The lowest BCUT2D eigenvalue weighted by Crippen LogP contribution is -2.46. The first kappa shape index (κ1) is 14.7. The predicted molar refractivity (Wildman–Crippen MR) is 86.3 cm³/mol. The zero-order valence-corrected chi connectivity index (χ0v) is 13.8. The molecule has 22 heavy (non-hydrogen) atoms. The Kier molecular flexibility index (Phi) is 3.80. The molecule has 4 bridgehead atoms. The molecule has 0 aromatic carbocycles. The molecule has 3 nitrogen and oxygen atoms in total. The fraction of sp³-hybridized carbons (Fsp3) is 0.842. The van der Waals surface area contributed by atoms with Gasteiger partial charge in [0.2, 0.25) is 5.91 Å². The van der Waals surface area contributed by atoms with Crippen LogP contribution in [0.3, 0.4) is 0 Å². The van der Waals surface area contributed by atoms with Crippen LogP contribution in [0.1, 0.15) is 58.3 Å². The van der Waals surface area contributed by atoms with Crippen LogP contribution in [0.4, 0.5) is 0 Å². The second kappa shape index (κ2) is 5.67. The van der Waals surface area contributed by atoms with Crippen LogP contribution in [0.5, 0.6) is 0 Å². The third-order valence-electron chi connectivity index (χ3n) is 6.75. The minimum atomic E-state index is 0.0868. The van der Waals surface area contributed by atoms with Crippen molar-refractivity contribution in [3.63, 3.8) is 0 Å². The Morgan fingerprint density at radius 3 is 2.36 bits per heavy atom. The minimum Gasteiger partial charge on any atom is -0.376 e. The maximum atomic E-state index is 12.3. The summed E-state index contributed by atoms with van der Waals surface area (Å²) < 4.78 is 5.57. The van der Waals surface area contributed by atoms with Crippen molar-refractivity contribution in [2.24, 2.45) is 23.2 Å². The van der Waals surface area contributed by atoms with Crippen LogP contribution in [-0.4, -0.2) is 25.2 Å². The quantitative estimate of drug-likeness (QED) is 0.808. The lowest BCUT2D eigenvalue weighted by molar-refractivity contribution is -0.117. The Bertz CT molecular complexity index is 441. The molecule has 0 aromatic heterocycles. The molecule has 5 rings (SSSR count). The summed E-state index contributed by atoms with van der Waals surface area (Å²) in [6.45, 7) is 3.73. The zero-order valence-electron chi connectivity index (χ0n) is 13.8. The summed E-state index contributed by atoms with van der Waals surface area (Å²) in [4.78, 5) is 12.3. The van der Waals surface area contributed by atoms with Gasteiger partial charge in [0.1, 0.15) is 0 Å². The molecular formula is C19H29NO2. The van der Waals surface area contributed by atoms with E-state index in [2.05, 4.69) is 12.2 Å². The SMILES string of the molecule is C/C(=C\C(=O)NC[C@H]1CCCO1)C12CC3CC(CC(C3)C1)C2. The standard InChI is InChI=1S/C19H29NO2/c1-13(5-18(21)20-12-17-3-2-4-22-17)19-9-14-6-15(10-19)8-16(7-14)11-19/h5,14-17H,2-4,6-12H2,1H3,(H,20,21)/b13-5+/t14?,15?,16?,17-,19?/m1/s1. The van der Waals surface area contributed by atoms with Crippen LogP contribution < -0.4 is 5.32 Å². The molecule has 1 aliphatic heterocycles. The number of carbonyl (C=O) groups excluding carboxylic acids is 1. The van der Waals surface area contributed by atoms with E-state index in [1.165, 1.54) is 44.1 Å². The van der Waals surface area contributed by atoms with Gasteiger partial charge in [0.15, 0.2) is 0 Å². The van der Waals surface area contributed by atoms with Crippen LogP contribution in [0.25, 0.3) is 0 Å². The Labute approximate surface area is 133 Å². The predicted octanol–water partition coefficient (Wildman–Crippen LogP) is 3.44.